The maximum atomic E-state index is 11.4. The summed E-state index contributed by atoms with van der Waals surface area (Å²) in [4.78, 5) is 21.2. The first-order valence-electron chi connectivity index (χ1n) is 5.48. The Morgan fingerprint density at radius 3 is 2.67 bits per heavy atom. The second kappa shape index (κ2) is 5.48. The second-order valence-corrected chi connectivity index (χ2v) is 5.04. The van der Waals surface area contributed by atoms with E-state index >= 15 is 0 Å². The van der Waals surface area contributed by atoms with Crippen LogP contribution in [0.5, 0.6) is 0 Å². The van der Waals surface area contributed by atoms with Crippen molar-refractivity contribution in [1.29, 1.82) is 0 Å². The lowest BCUT2D eigenvalue weighted by Gasteiger charge is -2.17. The molecule has 0 spiro atoms. The average molecular weight is 252 g/mol. The van der Waals surface area contributed by atoms with Crippen LogP contribution in [0.2, 0.25) is 0 Å². The molecule has 1 aromatic rings. The molecule has 0 aromatic carbocycles. The van der Waals surface area contributed by atoms with E-state index in [1.165, 1.54) is 24.3 Å². The van der Waals surface area contributed by atoms with Crippen molar-refractivity contribution >= 4 is 17.9 Å². The van der Waals surface area contributed by atoms with Crippen LogP contribution in [0.1, 0.15) is 26.5 Å². The van der Waals surface area contributed by atoms with Gasteiger partial charge in [0.2, 0.25) is 5.91 Å². The van der Waals surface area contributed by atoms with Crippen molar-refractivity contribution in [1.82, 2.24) is 5.32 Å². The molecule has 0 saturated heterocycles. The predicted molar refractivity (Wildman–Crippen MR) is 66.9 cm³/mol. The zero-order chi connectivity index (χ0) is 13.8. The number of rotatable bonds is 4. The predicted octanol–water partition coefficient (Wildman–Crippen LogP) is 2.36. The number of amides is 1. The Kier molecular flexibility index (Phi) is 4.25. The molecule has 1 rings (SSSR count). The Hall–Kier alpha value is -2.11. The molecule has 0 bridgehead atoms. The first-order chi connectivity index (χ1) is 8.28. The molecule has 1 aromatic heterocycles. The van der Waals surface area contributed by atoms with E-state index in [1.807, 2.05) is 20.8 Å². The van der Waals surface area contributed by atoms with Gasteiger partial charge in [-0.1, -0.05) is 20.8 Å². The van der Waals surface area contributed by atoms with Gasteiger partial charge in [-0.3, -0.25) is 14.9 Å². The average Bonchev–Trinajstić information content (AvgIpc) is 2.71. The fourth-order valence-electron chi connectivity index (χ4n) is 1.10. The minimum absolute atomic E-state index is 0.00691. The molecule has 18 heavy (non-hydrogen) atoms. The van der Waals surface area contributed by atoms with Gasteiger partial charge in [-0.25, -0.2) is 0 Å². The van der Waals surface area contributed by atoms with Crippen LogP contribution in [0.15, 0.2) is 22.6 Å². The van der Waals surface area contributed by atoms with Gasteiger partial charge in [-0.15, -0.1) is 0 Å². The van der Waals surface area contributed by atoms with E-state index < -0.39 is 4.92 Å². The van der Waals surface area contributed by atoms with Gasteiger partial charge in [0.1, 0.15) is 10.7 Å². The summed E-state index contributed by atoms with van der Waals surface area (Å²) in [5, 5.41) is 13.1. The summed E-state index contributed by atoms with van der Waals surface area (Å²) in [6.45, 7) is 6.57. The summed E-state index contributed by atoms with van der Waals surface area (Å²) >= 11 is 0. The Morgan fingerprint density at radius 2 is 2.17 bits per heavy atom. The lowest BCUT2D eigenvalue weighted by molar-refractivity contribution is -0.402. The largest absolute Gasteiger partial charge is 0.433 e. The standard InChI is InChI=1S/C12H16N2O4/c1-12(2,3)8-13-10(15)6-4-9-5-7-11(18-9)14(16)17/h4-7H,8H2,1-3H3,(H,13,15). The Balaban J connectivity index is 2.53. The van der Waals surface area contributed by atoms with E-state index in [-0.39, 0.29) is 23.0 Å². The van der Waals surface area contributed by atoms with Crippen molar-refractivity contribution in [2.45, 2.75) is 20.8 Å². The summed E-state index contributed by atoms with van der Waals surface area (Å²) in [5.41, 5.74) is 0.00691. The molecule has 6 heteroatoms. The second-order valence-electron chi connectivity index (χ2n) is 5.04. The minimum Gasteiger partial charge on any atom is -0.401 e. The zero-order valence-electron chi connectivity index (χ0n) is 10.6. The molecule has 0 saturated carbocycles. The number of nitrogens with zero attached hydrogens (tertiary/aromatic N) is 1. The van der Waals surface area contributed by atoms with Gasteiger partial charge in [-0.2, -0.15) is 0 Å². The highest BCUT2D eigenvalue weighted by Crippen LogP contribution is 2.16. The maximum Gasteiger partial charge on any atom is 0.433 e. The summed E-state index contributed by atoms with van der Waals surface area (Å²) < 4.78 is 4.88. The van der Waals surface area contributed by atoms with Crippen LogP contribution >= 0.6 is 0 Å². The number of hydrogen-bond donors (Lipinski definition) is 1. The molecule has 1 N–H and O–H groups in total. The molecular weight excluding hydrogens is 236 g/mol. The number of carbonyl (C=O) groups is 1. The molecule has 98 valence electrons. The number of nitro groups is 1. The molecule has 6 nitrogen and oxygen atoms in total. The molecule has 0 aliphatic heterocycles. The molecule has 0 unspecified atom stereocenters. The molecule has 0 aliphatic carbocycles. The van der Waals surface area contributed by atoms with Crippen molar-refractivity contribution < 1.29 is 14.1 Å². The fraction of sp³-hybridized carbons (Fsp3) is 0.417. The highest BCUT2D eigenvalue weighted by Gasteiger charge is 2.11. The van der Waals surface area contributed by atoms with Crippen molar-refractivity contribution in [2.24, 2.45) is 5.41 Å². The SMILES string of the molecule is CC(C)(C)CNC(=O)C=Cc1ccc([N+](=O)[O-])o1. The molecule has 0 atom stereocenters. The van der Waals surface area contributed by atoms with Gasteiger partial charge in [-0.05, 0) is 17.6 Å². The van der Waals surface area contributed by atoms with Crippen LogP contribution < -0.4 is 5.32 Å². The van der Waals surface area contributed by atoms with Gasteiger partial charge in [0, 0.05) is 12.6 Å². The van der Waals surface area contributed by atoms with E-state index in [2.05, 4.69) is 5.32 Å². The Morgan fingerprint density at radius 1 is 1.50 bits per heavy atom. The van der Waals surface area contributed by atoms with E-state index in [9.17, 15) is 14.9 Å². The molecular formula is C12H16N2O4. The summed E-state index contributed by atoms with van der Waals surface area (Å²) in [6.07, 6.45) is 2.68. The van der Waals surface area contributed by atoms with Crippen LogP contribution in [0, 0.1) is 15.5 Å². The summed E-state index contributed by atoms with van der Waals surface area (Å²) in [6, 6.07) is 2.68. The van der Waals surface area contributed by atoms with Crippen LogP contribution in [-0.2, 0) is 4.79 Å². The highest BCUT2D eigenvalue weighted by atomic mass is 16.6. The molecule has 1 heterocycles. The van der Waals surface area contributed by atoms with E-state index in [0.29, 0.717) is 6.54 Å². The van der Waals surface area contributed by atoms with Gasteiger partial charge >= 0.3 is 5.88 Å². The number of furan rings is 1. The molecule has 0 aliphatic rings. The molecule has 0 radical (unpaired) electrons. The van der Waals surface area contributed by atoms with E-state index in [4.69, 9.17) is 4.42 Å². The lowest BCUT2D eigenvalue weighted by atomic mass is 9.97. The van der Waals surface area contributed by atoms with Crippen LogP contribution in [0.25, 0.3) is 6.08 Å². The first kappa shape index (κ1) is 14.0. The monoisotopic (exact) mass is 252 g/mol. The normalized spacial score (nSPS) is 11.7. The van der Waals surface area contributed by atoms with E-state index in [1.54, 1.807) is 0 Å². The summed E-state index contributed by atoms with van der Waals surface area (Å²) in [7, 11) is 0. The van der Waals surface area contributed by atoms with E-state index in [0.717, 1.165) is 0 Å². The Labute approximate surface area is 105 Å². The third-order valence-corrected chi connectivity index (χ3v) is 1.98. The smallest absolute Gasteiger partial charge is 0.401 e. The maximum absolute atomic E-state index is 11.4. The van der Waals surface area contributed by atoms with Crippen molar-refractivity contribution in [2.75, 3.05) is 6.54 Å². The molecule has 1 amide bonds. The van der Waals surface area contributed by atoms with Crippen molar-refractivity contribution in [3.63, 3.8) is 0 Å². The molecule has 0 fully saturated rings. The summed E-state index contributed by atoms with van der Waals surface area (Å²) in [5.74, 6) is -0.332. The number of carbonyl (C=O) groups excluding carboxylic acids is 1. The van der Waals surface area contributed by atoms with Crippen LogP contribution in [0.3, 0.4) is 0 Å². The highest BCUT2D eigenvalue weighted by molar-refractivity contribution is 5.91. The topological polar surface area (TPSA) is 85.4 Å². The minimum atomic E-state index is -0.628. The zero-order valence-corrected chi connectivity index (χ0v) is 10.6. The van der Waals surface area contributed by atoms with Gasteiger partial charge in [0.05, 0.1) is 6.07 Å². The third-order valence-electron chi connectivity index (χ3n) is 1.98. The Bertz CT molecular complexity index is 469. The van der Waals surface area contributed by atoms with Crippen LogP contribution in [0.4, 0.5) is 5.88 Å². The van der Waals surface area contributed by atoms with Crippen molar-refractivity contribution in [3.05, 3.63) is 34.1 Å². The third kappa shape index (κ3) is 4.82. The van der Waals surface area contributed by atoms with Crippen LogP contribution in [-0.4, -0.2) is 17.4 Å². The number of hydrogen-bond acceptors (Lipinski definition) is 4. The fourth-order valence-corrected chi connectivity index (χ4v) is 1.10. The van der Waals surface area contributed by atoms with Gasteiger partial charge in [0.15, 0.2) is 0 Å². The first-order valence-corrected chi connectivity index (χ1v) is 5.48. The lowest BCUT2D eigenvalue weighted by Crippen LogP contribution is -2.30. The number of nitrogens with one attached hydrogen (secondary N) is 1. The van der Waals surface area contributed by atoms with Crippen molar-refractivity contribution in [3.8, 4) is 0 Å². The van der Waals surface area contributed by atoms with Gasteiger partial charge < -0.3 is 9.73 Å². The van der Waals surface area contributed by atoms with Gasteiger partial charge in [0.25, 0.3) is 0 Å². The quantitative estimate of drug-likeness (QED) is 0.506.